The molecular formula is C15H18N2O3. The zero-order valence-electron chi connectivity index (χ0n) is 11.5. The molecule has 0 saturated carbocycles. The highest BCUT2D eigenvalue weighted by molar-refractivity contribution is 5.50. The smallest absolute Gasteiger partial charge is 0.259 e. The summed E-state index contributed by atoms with van der Waals surface area (Å²) in [4.78, 5) is 6.62. The molecule has 0 spiro atoms. The number of nitrogens with zero attached hydrogens (tertiary/aromatic N) is 2. The lowest BCUT2D eigenvalue weighted by Gasteiger charge is -2.21. The SMILES string of the molecule is COc1ccc(N2C=CC=CC2)nc1O[C@@H]1CCOC1. The van der Waals surface area contributed by atoms with Crippen molar-refractivity contribution in [2.24, 2.45) is 0 Å². The minimum Gasteiger partial charge on any atom is -0.491 e. The molecular weight excluding hydrogens is 256 g/mol. The Balaban J connectivity index is 1.82. The number of hydrogen-bond donors (Lipinski definition) is 0. The Hall–Kier alpha value is -2.01. The van der Waals surface area contributed by atoms with Crippen LogP contribution in [0.1, 0.15) is 6.42 Å². The van der Waals surface area contributed by atoms with Gasteiger partial charge >= 0.3 is 0 Å². The minimum absolute atomic E-state index is 0.0587. The third-order valence-electron chi connectivity index (χ3n) is 3.31. The summed E-state index contributed by atoms with van der Waals surface area (Å²) in [6.07, 6.45) is 9.03. The maximum atomic E-state index is 5.90. The maximum Gasteiger partial charge on any atom is 0.259 e. The lowest BCUT2D eigenvalue weighted by atomic mass is 10.3. The average Bonchev–Trinajstić information content (AvgIpc) is 3.01. The first-order valence-corrected chi connectivity index (χ1v) is 6.76. The fourth-order valence-corrected chi connectivity index (χ4v) is 2.22. The van der Waals surface area contributed by atoms with Gasteiger partial charge in [-0.25, -0.2) is 0 Å². The van der Waals surface area contributed by atoms with Gasteiger partial charge in [-0.15, -0.1) is 0 Å². The largest absolute Gasteiger partial charge is 0.491 e. The Morgan fingerprint density at radius 1 is 1.35 bits per heavy atom. The molecule has 1 atom stereocenters. The van der Waals surface area contributed by atoms with Crippen LogP contribution >= 0.6 is 0 Å². The van der Waals surface area contributed by atoms with Gasteiger partial charge in [0.25, 0.3) is 5.88 Å². The number of aromatic nitrogens is 1. The van der Waals surface area contributed by atoms with Gasteiger partial charge in [0.15, 0.2) is 5.75 Å². The van der Waals surface area contributed by atoms with Crippen LogP contribution in [0, 0.1) is 0 Å². The number of methoxy groups -OCH3 is 1. The number of pyridine rings is 1. The number of hydrogen-bond acceptors (Lipinski definition) is 5. The van der Waals surface area contributed by atoms with Crippen molar-refractivity contribution in [2.45, 2.75) is 12.5 Å². The van der Waals surface area contributed by atoms with E-state index in [-0.39, 0.29) is 6.10 Å². The summed E-state index contributed by atoms with van der Waals surface area (Å²) >= 11 is 0. The third-order valence-corrected chi connectivity index (χ3v) is 3.31. The van der Waals surface area contributed by atoms with Crippen LogP contribution in [-0.4, -0.2) is 38.0 Å². The summed E-state index contributed by atoms with van der Waals surface area (Å²) in [5, 5.41) is 0. The summed E-state index contributed by atoms with van der Waals surface area (Å²) in [5.41, 5.74) is 0. The van der Waals surface area contributed by atoms with Crippen LogP contribution in [0.25, 0.3) is 0 Å². The maximum absolute atomic E-state index is 5.90. The molecule has 0 N–H and O–H groups in total. The molecule has 0 unspecified atom stereocenters. The zero-order valence-corrected chi connectivity index (χ0v) is 11.5. The molecule has 2 aliphatic heterocycles. The minimum atomic E-state index is 0.0587. The van der Waals surface area contributed by atoms with Crippen LogP contribution in [0.2, 0.25) is 0 Å². The standard InChI is InChI=1S/C15H18N2O3/c1-18-13-5-6-14(17-8-3-2-4-9-17)16-15(13)20-12-7-10-19-11-12/h2-6,8,12H,7,9-11H2,1H3/t12-/m1/s1. The van der Waals surface area contributed by atoms with E-state index in [4.69, 9.17) is 14.2 Å². The van der Waals surface area contributed by atoms with Gasteiger partial charge in [-0.2, -0.15) is 4.98 Å². The average molecular weight is 274 g/mol. The molecule has 20 heavy (non-hydrogen) atoms. The lowest BCUT2D eigenvalue weighted by molar-refractivity contribution is 0.135. The topological polar surface area (TPSA) is 43.8 Å². The third kappa shape index (κ3) is 2.77. The highest BCUT2D eigenvalue weighted by Gasteiger charge is 2.20. The van der Waals surface area contributed by atoms with Gasteiger partial charge in [-0.05, 0) is 18.2 Å². The van der Waals surface area contributed by atoms with E-state index in [2.05, 4.69) is 16.0 Å². The molecule has 5 heteroatoms. The Morgan fingerprint density at radius 2 is 2.30 bits per heavy atom. The Bertz CT molecular complexity index is 522. The predicted octanol–water partition coefficient (Wildman–Crippen LogP) is 2.15. The van der Waals surface area contributed by atoms with Gasteiger partial charge in [-0.1, -0.05) is 12.2 Å². The summed E-state index contributed by atoms with van der Waals surface area (Å²) in [7, 11) is 1.62. The van der Waals surface area contributed by atoms with E-state index in [1.165, 1.54) is 0 Å². The molecule has 3 rings (SSSR count). The second-order valence-electron chi connectivity index (χ2n) is 4.70. The fraction of sp³-hybridized carbons (Fsp3) is 0.400. The normalized spacial score (nSPS) is 21.2. The number of anilines is 1. The Morgan fingerprint density at radius 3 is 3.00 bits per heavy atom. The molecule has 5 nitrogen and oxygen atoms in total. The van der Waals surface area contributed by atoms with Crippen LogP contribution in [0.4, 0.5) is 5.82 Å². The molecule has 1 saturated heterocycles. The lowest BCUT2D eigenvalue weighted by Crippen LogP contribution is -2.21. The fourth-order valence-electron chi connectivity index (χ4n) is 2.22. The van der Waals surface area contributed by atoms with Crippen LogP contribution in [-0.2, 0) is 4.74 Å². The van der Waals surface area contributed by atoms with Gasteiger partial charge in [-0.3, -0.25) is 0 Å². The van der Waals surface area contributed by atoms with Crippen molar-refractivity contribution in [3.63, 3.8) is 0 Å². The number of rotatable bonds is 4. The molecule has 2 aliphatic rings. The van der Waals surface area contributed by atoms with E-state index >= 15 is 0 Å². The molecule has 0 aliphatic carbocycles. The Kier molecular flexibility index (Phi) is 3.87. The highest BCUT2D eigenvalue weighted by Crippen LogP contribution is 2.30. The number of allylic oxidation sites excluding steroid dienone is 2. The molecule has 1 fully saturated rings. The molecule has 1 aromatic rings. The molecule has 0 aromatic carbocycles. The monoisotopic (exact) mass is 274 g/mol. The first-order valence-electron chi connectivity index (χ1n) is 6.76. The van der Waals surface area contributed by atoms with Crippen molar-refractivity contribution >= 4 is 5.82 Å². The van der Waals surface area contributed by atoms with Crippen molar-refractivity contribution in [1.29, 1.82) is 0 Å². The van der Waals surface area contributed by atoms with Gasteiger partial charge in [0, 0.05) is 19.2 Å². The second-order valence-corrected chi connectivity index (χ2v) is 4.70. The van der Waals surface area contributed by atoms with E-state index in [9.17, 15) is 0 Å². The van der Waals surface area contributed by atoms with Gasteiger partial charge < -0.3 is 19.1 Å². The van der Waals surface area contributed by atoms with Crippen LogP contribution in [0.3, 0.4) is 0 Å². The van der Waals surface area contributed by atoms with Crippen molar-refractivity contribution in [2.75, 3.05) is 31.8 Å². The van der Waals surface area contributed by atoms with Gasteiger partial charge in [0.1, 0.15) is 11.9 Å². The highest BCUT2D eigenvalue weighted by atomic mass is 16.6. The van der Waals surface area contributed by atoms with Crippen LogP contribution in [0.5, 0.6) is 11.6 Å². The molecule has 0 amide bonds. The zero-order chi connectivity index (χ0) is 13.8. The Labute approximate surface area is 118 Å². The predicted molar refractivity (Wildman–Crippen MR) is 76.3 cm³/mol. The van der Waals surface area contributed by atoms with E-state index in [0.29, 0.717) is 18.2 Å². The van der Waals surface area contributed by atoms with Crippen LogP contribution < -0.4 is 14.4 Å². The molecule has 0 bridgehead atoms. The summed E-state index contributed by atoms with van der Waals surface area (Å²) in [5.74, 6) is 2.03. The molecule has 106 valence electrons. The second kappa shape index (κ2) is 5.96. The first kappa shape index (κ1) is 13.0. The van der Waals surface area contributed by atoms with Crippen molar-refractivity contribution in [1.82, 2.24) is 4.98 Å². The molecule has 0 radical (unpaired) electrons. The molecule has 1 aromatic heterocycles. The van der Waals surface area contributed by atoms with E-state index in [0.717, 1.165) is 25.4 Å². The summed E-state index contributed by atoms with van der Waals surface area (Å²) in [6.45, 7) is 2.16. The van der Waals surface area contributed by atoms with Crippen molar-refractivity contribution < 1.29 is 14.2 Å². The molecule has 3 heterocycles. The van der Waals surface area contributed by atoms with E-state index < -0.39 is 0 Å². The summed E-state index contributed by atoms with van der Waals surface area (Å²) < 4.78 is 16.5. The van der Waals surface area contributed by atoms with E-state index in [1.807, 2.05) is 30.5 Å². The van der Waals surface area contributed by atoms with Gasteiger partial charge in [0.05, 0.1) is 20.3 Å². The summed E-state index contributed by atoms with van der Waals surface area (Å²) in [6, 6.07) is 3.82. The quantitative estimate of drug-likeness (QED) is 0.841. The van der Waals surface area contributed by atoms with Crippen molar-refractivity contribution in [3.8, 4) is 11.6 Å². The van der Waals surface area contributed by atoms with Crippen molar-refractivity contribution in [3.05, 3.63) is 36.6 Å². The van der Waals surface area contributed by atoms with Gasteiger partial charge in [0.2, 0.25) is 0 Å². The van der Waals surface area contributed by atoms with E-state index in [1.54, 1.807) is 7.11 Å². The number of ether oxygens (including phenoxy) is 3. The van der Waals surface area contributed by atoms with Crippen LogP contribution in [0.15, 0.2) is 36.6 Å². The first-order chi connectivity index (χ1) is 9.86.